The molecule has 1 aromatic rings. The Balaban J connectivity index is 2.11. The largest absolute Gasteiger partial charge is 0.337 e. The second-order valence-electron chi connectivity index (χ2n) is 4.36. The number of nitrogens with two attached hydrogens (primary N) is 1. The molecular formula is C12H15FN2O. The standard InChI is InChI=1S/C12H15FN2O/c1-8-6-15(7-11(8)14)12(16)9-2-4-10(13)5-3-9/h2-5,8,11H,6-7,14H2,1H3. The van der Waals surface area contributed by atoms with Gasteiger partial charge in [0, 0.05) is 24.7 Å². The molecule has 1 heterocycles. The lowest BCUT2D eigenvalue weighted by Gasteiger charge is -2.15. The maximum atomic E-state index is 12.7. The Morgan fingerprint density at radius 1 is 1.38 bits per heavy atom. The van der Waals surface area contributed by atoms with Crippen LogP contribution in [0.2, 0.25) is 0 Å². The molecule has 1 amide bonds. The van der Waals surface area contributed by atoms with E-state index in [0.29, 0.717) is 24.6 Å². The first kappa shape index (κ1) is 11.1. The van der Waals surface area contributed by atoms with Crippen LogP contribution in [0, 0.1) is 11.7 Å². The highest BCUT2D eigenvalue weighted by atomic mass is 19.1. The summed E-state index contributed by atoms with van der Waals surface area (Å²) in [5, 5.41) is 0. The molecule has 1 aliphatic rings. The molecule has 1 saturated heterocycles. The molecule has 2 unspecified atom stereocenters. The predicted octanol–water partition coefficient (Wildman–Crippen LogP) is 1.24. The number of hydrogen-bond acceptors (Lipinski definition) is 2. The first-order valence-electron chi connectivity index (χ1n) is 5.38. The van der Waals surface area contributed by atoms with Crippen LogP contribution >= 0.6 is 0 Å². The van der Waals surface area contributed by atoms with Crippen molar-refractivity contribution in [3.05, 3.63) is 35.6 Å². The summed E-state index contributed by atoms with van der Waals surface area (Å²) in [5.74, 6) is -0.0766. The number of carbonyl (C=O) groups is 1. The summed E-state index contributed by atoms with van der Waals surface area (Å²) in [6.07, 6.45) is 0. The van der Waals surface area contributed by atoms with E-state index in [0.717, 1.165) is 0 Å². The van der Waals surface area contributed by atoms with Crippen molar-refractivity contribution in [3.8, 4) is 0 Å². The lowest BCUT2D eigenvalue weighted by atomic mass is 10.1. The summed E-state index contributed by atoms with van der Waals surface area (Å²) in [6, 6.07) is 5.65. The summed E-state index contributed by atoms with van der Waals surface area (Å²) < 4.78 is 12.7. The molecule has 2 N–H and O–H groups in total. The molecule has 2 rings (SSSR count). The third-order valence-electron chi connectivity index (χ3n) is 3.05. The lowest BCUT2D eigenvalue weighted by molar-refractivity contribution is 0.0787. The molecule has 1 fully saturated rings. The maximum Gasteiger partial charge on any atom is 0.253 e. The monoisotopic (exact) mass is 222 g/mol. The average molecular weight is 222 g/mol. The summed E-state index contributed by atoms with van der Waals surface area (Å²) >= 11 is 0. The van der Waals surface area contributed by atoms with Gasteiger partial charge in [0.2, 0.25) is 0 Å². The van der Waals surface area contributed by atoms with Crippen molar-refractivity contribution >= 4 is 5.91 Å². The van der Waals surface area contributed by atoms with Gasteiger partial charge in [0.1, 0.15) is 5.82 Å². The highest BCUT2D eigenvalue weighted by Crippen LogP contribution is 2.17. The van der Waals surface area contributed by atoms with Crippen LogP contribution in [0.15, 0.2) is 24.3 Å². The van der Waals surface area contributed by atoms with Gasteiger partial charge in [-0.3, -0.25) is 4.79 Å². The van der Waals surface area contributed by atoms with Crippen LogP contribution in [-0.4, -0.2) is 29.9 Å². The van der Waals surface area contributed by atoms with Gasteiger partial charge in [0.15, 0.2) is 0 Å². The normalized spacial score (nSPS) is 24.8. The molecule has 4 heteroatoms. The van der Waals surface area contributed by atoms with Crippen molar-refractivity contribution in [2.75, 3.05) is 13.1 Å². The van der Waals surface area contributed by atoms with E-state index in [1.807, 2.05) is 6.92 Å². The van der Waals surface area contributed by atoms with Crippen LogP contribution in [0.5, 0.6) is 0 Å². The molecule has 3 nitrogen and oxygen atoms in total. The molecule has 0 aliphatic carbocycles. The minimum atomic E-state index is -0.331. The lowest BCUT2D eigenvalue weighted by Crippen LogP contribution is -2.32. The van der Waals surface area contributed by atoms with Gasteiger partial charge in [-0.1, -0.05) is 6.92 Å². The Hall–Kier alpha value is -1.42. The van der Waals surface area contributed by atoms with E-state index < -0.39 is 0 Å². The van der Waals surface area contributed by atoms with Gasteiger partial charge in [0.05, 0.1) is 0 Å². The Kier molecular flexibility index (Phi) is 2.92. The van der Waals surface area contributed by atoms with Crippen molar-refractivity contribution in [2.45, 2.75) is 13.0 Å². The molecule has 2 atom stereocenters. The van der Waals surface area contributed by atoms with Gasteiger partial charge in [-0.25, -0.2) is 4.39 Å². The molecule has 86 valence electrons. The van der Waals surface area contributed by atoms with Crippen LogP contribution < -0.4 is 5.73 Å². The van der Waals surface area contributed by atoms with Crippen LogP contribution in [0.1, 0.15) is 17.3 Å². The van der Waals surface area contributed by atoms with Crippen molar-refractivity contribution < 1.29 is 9.18 Å². The Bertz CT molecular complexity index is 381. The fourth-order valence-corrected chi connectivity index (χ4v) is 1.93. The predicted molar refractivity (Wildman–Crippen MR) is 59.4 cm³/mol. The van der Waals surface area contributed by atoms with Crippen LogP contribution in [0.4, 0.5) is 4.39 Å². The Labute approximate surface area is 94.0 Å². The van der Waals surface area contributed by atoms with Crippen LogP contribution in [0.25, 0.3) is 0 Å². The second-order valence-corrected chi connectivity index (χ2v) is 4.36. The molecule has 0 saturated carbocycles. The second kappa shape index (κ2) is 4.22. The number of halogens is 1. The fourth-order valence-electron chi connectivity index (χ4n) is 1.93. The zero-order valence-corrected chi connectivity index (χ0v) is 9.19. The van der Waals surface area contributed by atoms with Gasteiger partial charge >= 0.3 is 0 Å². The van der Waals surface area contributed by atoms with Crippen molar-refractivity contribution in [1.29, 1.82) is 0 Å². The topological polar surface area (TPSA) is 46.3 Å². The number of amides is 1. The van der Waals surface area contributed by atoms with Crippen LogP contribution in [-0.2, 0) is 0 Å². The third-order valence-corrected chi connectivity index (χ3v) is 3.05. The van der Waals surface area contributed by atoms with Gasteiger partial charge in [-0.15, -0.1) is 0 Å². The summed E-state index contributed by atoms with van der Waals surface area (Å²) in [5.41, 5.74) is 6.37. The van der Waals surface area contributed by atoms with E-state index in [1.165, 1.54) is 24.3 Å². The molecule has 0 aromatic heterocycles. The summed E-state index contributed by atoms with van der Waals surface area (Å²) in [6.45, 7) is 3.29. The first-order valence-corrected chi connectivity index (χ1v) is 5.38. The number of benzene rings is 1. The molecule has 16 heavy (non-hydrogen) atoms. The van der Waals surface area contributed by atoms with Gasteiger partial charge in [0.25, 0.3) is 5.91 Å². The molecule has 1 aliphatic heterocycles. The minimum Gasteiger partial charge on any atom is -0.337 e. The highest BCUT2D eigenvalue weighted by Gasteiger charge is 2.30. The number of nitrogens with zero attached hydrogens (tertiary/aromatic N) is 1. The van der Waals surface area contributed by atoms with E-state index in [2.05, 4.69) is 0 Å². The van der Waals surface area contributed by atoms with E-state index in [4.69, 9.17) is 5.73 Å². The highest BCUT2D eigenvalue weighted by molar-refractivity contribution is 5.94. The Morgan fingerprint density at radius 2 is 2.00 bits per heavy atom. The average Bonchev–Trinajstić information content (AvgIpc) is 2.59. The number of likely N-dealkylation sites (tertiary alicyclic amines) is 1. The summed E-state index contributed by atoms with van der Waals surface area (Å²) in [7, 11) is 0. The van der Waals surface area contributed by atoms with Crippen molar-refractivity contribution in [2.24, 2.45) is 11.7 Å². The molecule has 0 radical (unpaired) electrons. The van der Waals surface area contributed by atoms with Gasteiger partial charge in [-0.2, -0.15) is 0 Å². The number of hydrogen-bond donors (Lipinski definition) is 1. The van der Waals surface area contributed by atoms with Crippen molar-refractivity contribution in [1.82, 2.24) is 4.90 Å². The van der Waals surface area contributed by atoms with Gasteiger partial charge < -0.3 is 10.6 Å². The molecule has 0 bridgehead atoms. The number of rotatable bonds is 1. The van der Waals surface area contributed by atoms with E-state index >= 15 is 0 Å². The van der Waals surface area contributed by atoms with E-state index in [1.54, 1.807) is 4.90 Å². The van der Waals surface area contributed by atoms with Crippen molar-refractivity contribution in [3.63, 3.8) is 0 Å². The van der Waals surface area contributed by atoms with Gasteiger partial charge in [-0.05, 0) is 30.2 Å². The SMILES string of the molecule is CC1CN(C(=O)c2ccc(F)cc2)CC1N. The van der Waals surface area contributed by atoms with E-state index in [-0.39, 0.29) is 17.8 Å². The zero-order valence-electron chi connectivity index (χ0n) is 9.19. The van der Waals surface area contributed by atoms with E-state index in [9.17, 15) is 9.18 Å². The first-order chi connectivity index (χ1) is 7.58. The fraction of sp³-hybridized carbons (Fsp3) is 0.417. The molecule has 1 aromatic carbocycles. The minimum absolute atomic E-state index is 0.0457. The smallest absolute Gasteiger partial charge is 0.253 e. The number of carbonyl (C=O) groups excluding carboxylic acids is 1. The third kappa shape index (κ3) is 2.07. The molecular weight excluding hydrogens is 207 g/mol. The quantitative estimate of drug-likeness (QED) is 0.777. The molecule has 0 spiro atoms. The Morgan fingerprint density at radius 3 is 2.50 bits per heavy atom. The zero-order chi connectivity index (χ0) is 11.7. The van der Waals surface area contributed by atoms with Crippen LogP contribution in [0.3, 0.4) is 0 Å². The summed E-state index contributed by atoms with van der Waals surface area (Å²) in [4.78, 5) is 13.7. The maximum absolute atomic E-state index is 12.7.